The molecule has 0 radical (unpaired) electrons. The summed E-state index contributed by atoms with van der Waals surface area (Å²) in [6.45, 7) is 4.62. The lowest BCUT2D eigenvalue weighted by atomic mass is 9.90. The lowest BCUT2D eigenvalue weighted by Gasteiger charge is -2.17. The van der Waals surface area contributed by atoms with E-state index in [1.807, 2.05) is 60.9 Å². The summed E-state index contributed by atoms with van der Waals surface area (Å²) in [5, 5.41) is 0. The lowest BCUT2D eigenvalue weighted by molar-refractivity contribution is 0.0810. The third kappa shape index (κ3) is 3.33. The van der Waals surface area contributed by atoms with Gasteiger partial charge in [-0.25, -0.2) is 4.98 Å². The van der Waals surface area contributed by atoms with Gasteiger partial charge in [0, 0.05) is 30.0 Å². The van der Waals surface area contributed by atoms with Crippen molar-refractivity contribution in [3.05, 3.63) is 77.2 Å². The highest BCUT2D eigenvalue weighted by molar-refractivity contribution is 6.52. The second kappa shape index (κ2) is 7.89. The third-order valence-corrected chi connectivity index (χ3v) is 4.55. The molecule has 1 aromatic heterocycles. The number of hydrogen-bond acceptors (Lipinski definition) is 3. The van der Waals surface area contributed by atoms with Crippen LogP contribution in [0.1, 0.15) is 52.0 Å². The zero-order valence-corrected chi connectivity index (χ0v) is 16.3. The van der Waals surface area contributed by atoms with Gasteiger partial charge in [0.25, 0.3) is 5.78 Å². The Balaban J connectivity index is 0.00000102. The number of imidazole rings is 1. The number of hydrogen-bond donors (Lipinski definition) is 0. The normalized spacial score (nSPS) is 12.3. The monoisotopic (exact) mass is 380 g/mol. The van der Waals surface area contributed by atoms with Gasteiger partial charge < -0.3 is 4.57 Å². The molecule has 0 fully saturated rings. The van der Waals surface area contributed by atoms with Gasteiger partial charge in [0.1, 0.15) is 17.2 Å². The van der Waals surface area contributed by atoms with Gasteiger partial charge in [0.15, 0.2) is 0 Å². The first kappa shape index (κ1) is 19.1. The predicted molar refractivity (Wildman–Crippen MR) is 108 cm³/mol. The van der Waals surface area contributed by atoms with E-state index in [0.717, 1.165) is 17.0 Å². The molecule has 4 rings (SSSR count). The number of carbonyl (C=O) groups is 2. The van der Waals surface area contributed by atoms with Crippen LogP contribution < -0.4 is 0 Å². The zero-order chi connectivity index (χ0) is 19.6. The van der Waals surface area contributed by atoms with Crippen LogP contribution in [0.15, 0.2) is 54.6 Å². The number of halogens is 1. The van der Waals surface area contributed by atoms with Gasteiger partial charge >= 0.3 is 0 Å². The molecular formula is C22H21ClN2O2. The number of rotatable bonds is 3. The highest BCUT2D eigenvalue weighted by Gasteiger charge is 2.36. The van der Waals surface area contributed by atoms with Crippen LogP contribution in [0.2, 0.25) is 0 Å². The molecule has 0 saturated carbocycles. The first-order valence-electron chi connectivity index (χ1n) is 8.78. The van der Waals surface area contributed by atoms with Gasteiger partial charge in [0.05, 0.1) is 0 Å². The molecule has 4 nitrogen and oxygen atoms in total. The molecule has 1 aliphatic rings. The predicted octanol–water partition coefficient (Wildman–Crippen LogP) is 4.96. The minimum Gasteiger partial charge on any atom is -0.320 e. The Kier molecular flexibility index (Phi) is 5.57. The van der Waals surface area contributed by atoms with Crippen LogP contribution in [-0.2, 0) is 6.54 Å². The quantitative estimate of drug-likeness (QED) is 0.477. The Bertz CT molecular complexity index is 991. The summed E-state index contributed by atoms with van der Waals surface area (Å²) in [5.41, 5.74) is 3.30. The molecule has 3 aromatic rings. The Morgan fingerprint density at radius 1 is 0.889 bits per heavy atom. The van der Waals surface area contributed by atoms with E-state index in [9.17, 15) is 9.59 Å². The third-order valence-electron chi connectivity index (χ3n) is 4.55. The van der Waals surface area contributed by atoms with Crippen molar-refractivity contribution in [1.29, 1.82) is 0 Å². The van der Waals surface area contributed by atoms with Crippen LogP contribution in [0.4, 0.5) is 0 Å². The zero-order valence-electron chi connectivity index (χ0n) is 15.6. The molecular weight excluding hydrogens is 360 g/mol. The van der Waals surface area contributed by atoms with Crippen LogP contribution in [0.25, 0.3) is 11.3 Å². The van der Waals surface area contributed by atoms with E-state index < -0.39 is 11.6 Å². The fraction of sp³-hybridized carbons (Fsp3) is 0.227. The van der Waals surface area contributed by atoms with Crippen molar-refractivity contribution >= 4 is 23.2 Å². The minimum atomic E-state index is -0.468. The maximum atomic E-state index is 12.8. The number of ketones is 2. The van der Waals surface area contributed by atoms with E-state index >= 15 is 0 Å². The Labute approximate surface area is 163 Å². The van der Waals surface area contributed by atoms with Crippen molar-refractivity contribution in [3.63, 3.8) is 0 Å². The summed E-state index contributed by atoms with van der Waals surface area (Å²) in [6, 6.07) is 17.1. The number of fused-ring (bicyclic) bond motifs is 3. The summed E-state index contributed by atoms with van der Waals surface area (Å²) in [7, 11) is 0. The number of alkyl halides is 1. The van der Waals surface area contributed by atoms with Crippen molar-refractivity contribution in [2.75, 3.05) is 6.38 Å². The van der Waals surface area contributed by atoms with Crippen LogP contribution in [0.3, 0.4) is 0 Å². The summed E-state index contributed by atoms with van der Waals surface area (Å²) < 4.78 is 1.91. The molecule has 5 heteroatoms. The van der Waals surface area contributed by atoms with Gasteiger partial charge in [-0.05, 0) is 5.56 Å². The summed E-state index contributed by atoms with van der Waals surface area (Å²) in [6.07, 6.45) is 1.47. The Hall–Kier alpha value is -2.72. The van der Waals surface area contributed by atoms with Gasteiger partial charge in [-0.2, -0.15) is 0 Å². The van der Waals surface area contributed by atoms with E-state index in [-0.39, 0.29) is 5.92 Å². The average Bonchev–Trinajstić information content (AvgIpc) is 3.08. The van der Waals surface area contributed by atoms with Crippen LogP contribution >= 0.6 is 11.6 Å². The van der Waals surface area contributed by atoms with Crippen molar-refractivity contribution in [2.45, 2.75) is 26.3 Å². The molecule has 0 spiro atoms. The number of carbonyl (C=O) groups excluding carboxylic acids is 2. The molecule has 0 atom stereocenters. The van der Waals surface area contributed by atoms with Crippen LogP contribution in [0.5, 0.6) is 0 Å². The number of aromatic nitrogens is 2. The fourth-order valence-corrected chi connectivity index (χ4v) is 3.37. The topological polar surface area (TPSA) is 52.0 Å². The Morgan fingerprint density at radius 2 is 1.48 bits per heavy atom. The second-order valence-corrected chi connectivity index (χ2v) is 6.60. The average molecular weight is 381 g/mol. The molecule has 0 unspecified atom stereocenters. The molecule has 1 aliphatic carbocycles. The van der Waals surface area contributed by atoms with Gasteiger partial charge in [-0.15, -0.1) is 11.6 Å². The standard InChI is InChI=1S/C21H18N2O2.CH3Cl/c1-13(2)21-22-17-15-10-6-7-11-16(15)19(24)20(25)18(17)23(21)12-14-8-4-3-5-9-14;1-2/h3-11,13H,12H2,1-2H3;1H3. The van der Waals surface area contributed by atoms with Crippen molar-refractivity contribution in [2.24, 2.45) is 0 Å². The molecule has 0 saturated heterocycles. The summed E-state index contributed by atoms with van der Waals surface area (Å²) in [5.74, 6) is 0.0488. The van der Waals surface area contributed by atoms with Gasteiger partial charge in [-0.3, -0.25) is 9.59 Å². The molecule has 2 aromatic carbocycles. The van der Waals surface area contributed by atoms with Gasteiger partial charge in [0.2, 0.25) is 5.78 Å². The number of nitrogens with zero attached hydrogens (tertiary/aromatic N) is 2. The number of benzene rings is 2. The van der Waals surface area contributed by atoms with E-state index in [1.54, 1.807) is 12.1 Å². The molecule has 138 valence electrons. The van der Waals surface area contributed by atoms with E-state index in [0.29, 0.717) is 23.5 Å². The summed E-state index contributed by atoms with van der Waals surface area (Å²) in [4.78, 5) is 30.2. The maximum absolute atomic E-state index is 12.8. The minimum absolute atomic E-state index is 0.143. The SMILES string of the molecule is CC(C)c1nc2c(n1Cc1ccccc1)C(=O)C(=O)c1ccccc1-2.CCl. The number of Topliss-reactive ketones (excluding diaryl/α,β-unsaturated/α-hetero) is 2. The first-order valence-corrected chi connectivity index (χ1v) is 9.54. The van der Waals surface area contributed by atoms with Gasteiger partial charge in [-0.1, -0.05) is 68.4 Å². The highest BCUT2D eigenvalue weighted by Crippen LogP contribution is 2.35. The Morgan fingerprint density at radius 3 is 2.11 bits per heavy atom. The van der Waals surface area contributed by atoms with Crippen molar-refractivity contribution in [3.8, 4) is 11.3 Å². The maximum Gasteiger partial charge on any atom is 0.252 e. The molecule has 0 N–H and O–H groups in total. The van der Waals surface area contributed by atoms with E-state index in [1.165, 1.54) is 6.38 Å². The molecule has 0 amide bonds. The second-order valence-electron chi connectivity index (χ2n) is 6.60. The fourth-order valence-electron chi connectivity index (χ4n) is 3.37. The highest BCUT2D eigenvalue weighted by atomic mass is 35.5. The van der Waals surface area contributed by atoms with Crippen LogP contribution in [-0.4, -0.2) is 27.5 Å². The summed E-state index contributed by atoms with van der Waals surface area (Å²) >= 11 is 4.64. The lowest BCUT2D eigenvalue weighted by Crippen LogP contribution is -2.24. The molecule has 1 heterocycles. The van der Waals surface area contributed by atoms with Crippen LogP contribution in [0, 0.1) is 0 Å². The largest absolute Gasteiger partial charge is 0.320 e. The first-order chi connectivity index (χ1) is 13.1. The van der Waals surface area contributed by atoms with E-state index in [4.69, 9.17) is 4.98 Å². The molecule has 27 heavy (non-hydrogen) atoms. The smallest absolute Gasteiger partial charge is 0.252 e. The van der Waals surface area contributed by atoms with Crippen molar-refractivity contribution in [1.82, 2.24) is 9.55 Å². The molecule has 0 aliphatic heterocycles. The van der Waals surface area contributed by atoms with Crippen molar-refractivity contribution < 1.29 is 9.59 Å². The molecule has 0 bridgehead atoms. The van der Waals surface area contributed by atoms with E-state index in [2.05, 4.69) is 11.6 Å².